The molecule has 1 aromatic carbocycles. The van der Waals surface area contributed by atoms with Crippen molar-refractivity contribution < 1.29 is 9.59 Å². The molecule has 174 valence electrons. The van der Waals surface area contributed by atoms with Crippen LogP contribution in [-0.4, -0.2) is 44.6 Å². The molecule has 2 amide bonds. The fraction of sp³-hybridized carbons (Fsp3) is 0.462. The summed E-state index contributed by atoms with van der Waals surface area (Å²) >= 11 is 0. The molecule has 0 saturated heterocycles. The number of nitrogens with zero attached hydrogens (tertiary/aromatic N) is 5. The van der Waals surface area contributed by atoms with E-state index >= 15 is 0 Å². The van der Waals surface area contributed by atoms with Crippen molar-refractivity contribution in [2.45, 2.75) is 59.4 Å². The van der Waals surface area contributed by atoms with Gasteiger partial charge in [0.05, 0.1) is 16.6 Å². The molecule has 0 radical (unpaired) electrons. The Morgan fingerprint density at radius 3 is 2.42 bits per heavy atom. The number of pyridine rings is 1. The number of anilines is 1. The second kappa shape index (κ2) is 9.73. The number of hydrogen-bond donors (Lipinski definition) is 0. The highest BCUT2D eigenvalue weighted by Gasteiger charge is 2.24. The first kappa shape index (κ1) is 23.0. The molecule has 0 N–H and O–H groups in total. The van der Waals surface area contributed by atoms with E-state index < -0.39 is 0 Å². The number of benzene rings is 1. The zero-order valence-corrected chi connectivity index (χ0v) is 20.1. The van der Waals surface area contributed by atoms with Gasteiger partial charge in [0.2, 0.25) is 5.91 Å². The van der Waals surface area contributed by atoms with E-state index in [-0.39, 0.29) is 11.8 Å². The van der Waals surface area contributed by atoms with E-state index in [1.807, 2.05) is 61.0 Å². The Hall–Kier alpha value is -3.22. The van der Waals surface area contributed by atoms with Crippen LogP contribution in [0, 0.1) is 13.8 Å². The van der Waals surface area contributed by atoms with Crippen LogP contribution in [0.4, 0.5) is 5.69 Å². The maximum absolute atomic E-state index is 14.0. The predicted octanol–water partition coefficient (Wildman–Crippen LogP) is 4.54. The number of aryl methyl sites for hydroxylation is 3. The Morgan fingerprint density at radius 1 is 0.970 bits per heavy atom. The fourth-order valence-electron chi connectivity index (χ4n) is 4.83. The Kier molecular flexibility index (Phi) is 6.77. The zero-order chi connectivity index (χ0) is 23.5. The maximum atomic E-state index is 14.0. The second-order valence-electron chi connectivity index (χ2n) is 9.01. The first-order chi connectivity index (χ1) is 15.9. The first-order valence-electron chi connectivity index (χ1n) is 11.8. The van der Waals surface area contributed by atoms with Gasteiger partial charge in [0, 0.05) is 45.0 Å². The van der Waals surface area contributed by atoms with Crippen molar-refractivity contribution in [2.75, 3.05) is 18.0 Å². The Bertz CT molecular complexity index is 1180. The molecular weight excluding hydrogens is 414 g/mol. The van der Waals surface area contributed by atoms with Crippen molar-refractivity contribution in [3.63, 3.8) is 0 Å². The molecule has 0 unspecified atom stereocenters. The molecule has 1 aliphatic rings. The summed E-state index contributed by atoms with van der Waals surface area (Å²) in [6, 6.07) is 9.84. The summed E-state index contributed by atoms with van der Waals surface area (Å²) in [7, 11) is 1.86. The molecule has 7 nitrogen and oxygen atoms in total. The number of aromatic nitrogens is 3. The second-order valence-corrected chi connectivity index (χ2v) is 9.01. The fourth-order valence-corrected chi connectivity index (χ4v) is 4.83. The predicted molar refractivity (Wildman–Crippen MR) is 130 cm³/mol. The highest BCUT2D eigenvalue weighted by atomic mass is 16.2. The average molecular weight is 448 g/mol. The smallest absolute Gasteiger partial charge is 0.255 e. The molecule has 0 fully saturated rings. The van der Waals surface area contributed by atoms with Crippen molar-refractivity contribution >= 4 is 28.5 Å². The highest BCUT2D eigenvalue weighted by molar-refractivity contribution is 6.06. The first-order valence-corrected chi connectivity index (χ1v) is 11.8. The summed E-state index contributed by atoms with van der Waals surface area (Å²) in [4.78, 5) is 34.8. The molecule has 0 spiro atoms. The van der Waals surface area contributed by atoms with Gasteiger partial charge in [-0.15, -0.1) is 0 Å². The summed E-state index contributed by atoms with van der Waals surface area (Å²) in [6.07, 6.45) is 5.21. The third-order valence-electron chi connectivity index (χ3n) is 6.45. The Labute approximate surface area is 195 Å². The third-order valence-corrected chi connectivity index (χ3v) is 6.45. The van der Waals surface area contributed by atoms with E-state index in [0.717, 1.165) is 65.8 Å². The van der Waals surface area contributed by atoms with Crippen LogP contribution in [0.15, 0.2) is 30.3 Å². The molecule has 0 saturated carbocycles. The minimum Gasteiger partial charge on any atom is -0.334 e. The lowest BCUT2D eigenvalue weighted by atomic mass is 10.0. The molecule has 4 rings (SSSR count). The van der Waals surface area contributed by atoms with E-state index in [1.165, 1.54) is 0 Å². The van der Waals surface area contributed by atoms with Crippen LogP contribution in [0.3, 0.4) is 0 Å². The van der Waals surface area contributed by atoms with Crippen LogP contribution < -0.4 is 4.90 Å². The third kappa shape index (κ3) is 4.77. The lowest BCUT2D eigenvalue weighted by Gasteiger charge is -2.29. The number of carbonyl (C=O) groups excluding carboxylic acids is 2. The minimum atomic E-state index is -0.0113. The van der Waals surface area contributed by atoms with Crippen LogP contribution in [0.2, 0.25) is 0 Å². The molecule has 33 heavy (non-hydrogen) atoms. The summed E-state index contributed by atoms with van der Waals surface area (Å²) in [6.45, 7) is 7.30. The van der Waals surface area contributed by atoms with Crippen molar-refractivity contribution in [3.8, 4) is 0 Å². The molecule has 0 atom stereocenters. The highest BCUT2D eigenvalue weighted by Crippen LogP contribution is 2.27. The number of rotatable bonds is 1. The summed E-state index contributed by atoms with van der Waals surface area (Å²) in [5, 5.41) is 5.33. The number of amides is 2. The van der Waals surface area contributed by atoms with Gasteiger partial charge >= 0.3 is 0 Å². The van der Waals surface area contributed by atoms with Gasteiger partial charge in [-0.25, -0.2) is 4.98 Å². The number of fused-ring (bicyclic) bond motifs is 2. The topological polar surface area (TPSA) is 71.3 Å². The Morgan fingerprint density at radius 2 is 1.67 bits per heavy atom. The minimum absolute atomic E-state index is 0.0113. The SMILES string of the molecule is CC(=O)N1CCCCCCCN(C(=O)c2cc(C)nc3c2c(C)nn3C)Cc2ccccc21. The quantitative estimate of drug-likeness (QED) is 0.549. The maximum Gasteiger partial charge on any atom is 0.255 e. The van der Waals surface area contributed by atoms with E-state index in [9.17, 15) is 9.59 Å². The van der Waals surface area contributed by atoms with Gasteiger partial charge < -0.3 is 9.80 Å². The molecule has 3 heterocycles. The molecule has 0 aliphatic carbocycles. The molecule has 3 aromatic rings. The zero-order valence-electron chi connectivity index (χ0n) is 20.1. The Balaban J connectivity index is 1.77. The summed E-state index contributed by atoms with van der Waals surface area (Å²) in [5.74, 6) is 0.0256. The number of para-hydroxylation sites is 1. The molecule has 2 aromatic heterocycles. The van der Waals surface area contributed by atoms with Crippen LogP contribution >= 0.6 is 0 Å². The van der Waals surface area contributed by atoms with Crippen LogP contribution in [0.25, 0.3) is 11.0 Å². The standard InChI is InChI=1S/C26H33N5O2/c1-18-16-22(24-19(2)28-29(4)25(24)27-18)26(33)30-14-10-6-5-7-11-15-31(20(3)32)23-13-9-8-12-21(23)17-30/h8-9,12-13,16H,5-7,10-11,14-15,17H2,1-4H3. The van der Waals surface area contributed by atoms with Crippen molar-refractivity contribution in [1.82, 2.24) is 19.7 Å². The largest absolute Gasteiger partial charge is 0.334 e. The van der Waals surface area contributed by atoms with E-state index in [0.29, 0.717) is 25.2 Å². The molecular formula is C26H33N5O2. The normalized spacial score (nSPS) is 15.6. The van der Waals surface area contributed by atoms with Crippen LogP contribution in [0.5, 0.6) is 0 Å². The van der Waals surface area contributed by atoms with Gasteiger partial charge in [-0.1, -0.05) is 37.5 Å². The lowest BCUT2D eigenvalue weighted by Crippen LogP contribution is -2.35. The average Bonchev–Trinajstić information content (AvgIpc) is 3.06. The number of carbonyl (C=O) groups is 2. The van der Waals surface area contributed by atoms with E-state index in [4.69, 9.17) is 0 Å². The molecule has 1 aliphatic heterocycles. The van der Waals surface area contributed by atoms with Gasteiger partial charge in [-0.2, -0.15) is 5.10 Å². The molecule has 7 heteroatoms. The van der Waals surface area contributed by atoms with Crippen molar-refractivity contribution in [2.24, 2.45) is 7.05 Å². The van der Waals surface area contributed by atoms with Crippen LogP contribution in [-0.2, 0) is 18.4 Å². The van der Waals surface area contributed by atoms with Crippen molar-refractivity contribution in [3.05, 3.63) is 52.8 Å². The van der Waals surface area contributed by atoms with Crippen LogP contribution in [0.1, 0.15) is 66.3 Å². The monoisotopic (exact) mass is 447 g/mol. The molecule has 0 bridgehead atoms. The summed E-state index contributed by atoms with van der Waals surface area (Å²) < 4.78 is 1.74. The number of hydrogen-bond acceptors (Lipinski definition) is 4. The van der Waals surface area contributed by atoms with Gasteiger partial charge in [-0.3, -0.25) is 14.3 Å². The summed E-state index contributed by atoms with van der Waals surface area (Å²) in [5.41, 5.74) is 4.88. The lowest BCUT2D eigenvalue weighted by molar-refractivity contribution is -0.116. The van der Waals surface area contributed by atoms with Gasteiger partial charge in [0.25, 0.3) is 5.91 Å². The van der Waals surface area contributed by atoms with Gasteiger partial charge in [-0.05, 0) is 44.4 Å². The van der Waals surface area contributed by atoms with E-state index in [1.54, 1.807) is 11.6 Å². The van der Waals surface area contributed by atoms with Gasteiger partial charge in [0.1, 0.15) is 0 Å². The van der Waals surface area contributed by atoms with Gasteiger partial charge in [0.15, 0.2) is 5.65 Å². The van der Waals surface area contributed by atoms with E-state index in [2.05, 4.69) is 10.1 Å². The van der Waals surface area contributed by atoms with Crippen molar-refractivity contribution in [1.29, 1.82) is 0 Å².